The van der Waals surface area contributed by atoms with Gasteiger partial charge in [-0.25, -0.2) is 5.09 Å². The summed E-state index contributed by atoms with van der Waals surface area (Å²) in [6.07, 6.45) is 0. The molecule has 0 heterocycles. The van der Waals surface area contributed by atoms with Crippen LogP contribution in [0, 0.1) is 0 Å². The zero-order valence-electron chi connectivity index (χ0n) is 8.80. The van der Waals surface area contributed by atoms with E-state index in [1.54, 1.807) is 6.92 Å². The molecule has 1 unspecified atom stereocenters. The molecule has 0 bridgehead atoms. The lowest BCUT2D eigenvalue weighted by Gasteiger charge is -2.19. The van der Waals surface area contributed by atoms with Gasteiger partial charge in [0.25, 0.3) is 0 Å². The molecule has 6 nitrogen and oxygen atoms in total. The lowest BCUT2D eigenvalue weighted by Crippen LogP contribution is -2.31. The van der Waals surface area contributed by atoms with Gasteiger partial charge in [-0.3, -0.25) is 9.36 Å². The van der Waals surface area contributed by atoms with E-state index in [1.807, 2.05) is 0 Å². The Bertz CT molecular complexity index is 251. The Morgan fingerprint density at radius 3 is 2.73 bits per heavy atom. The van der Waals surface area contributed by atoms with E-state index < -0.39 is 18.7 Å². The van der Waals surface area contributed by atoms with Crippen LogP contribution in [-0.4, -0.2) is 36.0 Å². The van der Waals surface area contributed by atoms with Crippen molar-refractivity contribution >= 4 is 24.1 Å². The molecule has 8 heteroatoms. The van der Waals surface area contributed by atoms with Crippen molar-refractivity contribution in [1.82, 2.24) is 5.09 Å². The second-order valence-electron chi connectivity index (χ2n) is 2.73. The number of carboxylic acid groups (broad SMARTS) is 1. The molecule has 0 rings (SSSR count). The zero-order valence-corrected chi connectivity index (χ0v) is 10.5. The van der Waals surface area contributed by atoms with Gasteiger partial charge in [0.15, 0.2) is 0 Å². The van der Waals surface area contributed by atoms with Gasteiger partial charge >= 0.3 is 12.7 Å². The number of carbonyl (C=O) groups is 1. The molecule has 2 atom stereocenters. The lowest BCUT2D eigenvalue weighted by molar-refractivity contribution is -0.138. The highest BCUT2D eigenvalue weighted by Gasteiger charge is 2.27. The Hall–Kier alpha value is -0.0700. The minimum Gasteiger partial charge on any atom is -0.480 e. The Morgan fingerprint density at radius 2 is 2.33 bits per heavy atom. The van der Waals surface area contributed by atoms with E-state index in [4.69, 9.17) is 15.4 Å². The highest BCUT2D eigenvalue weighted by molar-refractivity contribution is 8.56. The first-order valence-corrected chi connectivity index (χ1v) is 7.76. The fourth-order valence-corrected chi connectivity index (χ4v) is 4.52. The van der Waals surface area contributed by atoms with Gasteiger partial charge in [0.2, 0.25) is 0 Å². The van der Waals surface area contributed by atoms with Crippen molar-refractivity contribution in [2.24, 2.45) is 5.73 Å². The van der Waals surface area contributed by atoms with Gasteiger partial charge < -0.3 is 15.4 Å². The normalized spacial score (nSPS) is 17.0. The number of nitrogens with two attached hydrogens (primary N) is 1. The van der Waals surface area contributed by atoms with E-state index in [0.717, 1.165) is 11.4 Å². The maximum atomic E-state index is 12.0. The molecule has 0 saturated carbocycles. The predicted molar refractivity (Wildman–Crippen MR) is 61.0 cm³/mol. The summed E-state index contributed by atoms with van der Waals surface area (Å²) in [5, 5.41) is 11.1. The van der Waals surface area contributed by atoms with Gasteiger partial charge in [0.05, 0.1) is 6.61 Å². The number of nitrogens with one attached hydrogen (secondary N) is 1. The van der Waals surface area contributed by atoms with Crippen LogP contribution in [0.1, 0.15) is 13.8 Å². The van der Waals surface area contributed by atoms with Crippen molar-refractivity contribution in [2.75, 3.05) is 18.9 Å². The van der Waals surface area contributed by atoms with Gasteiger partial charge in [-0.1, -0.05) is 11.4 Å². The molecular weight excluding hydrogens is 239 g/mol. The molecule has 0 aliphatic carbocycles. The average molecular weight is 256 g/mol. The number of carboxylic acids is 1. The third-order valence-corrected chi connectivity index (χ3v) is 5.66. The van der Waals surface area contributed by atoms with E-state index in [2.05, 4.69) is 5.09 Å². The topological polar surface area (TPSA) is 102 Å². The maximum Gasteiger partial charge on any atom is 0.327 e. The highest BCUT2D eigenvalue weighted by Crippen LogP contribution is 2.55. The second kappa shape index (κ2) is 7.24. The van der Waals surface area contributed by atoms with Crippen LogP contribution in [0.15, 0.2) is 0 Å². The van der Waals surface area contributed by atoms with Crippen LogP contribution >= 0.6 is 18.1 Å². The van der Waals surface area contributed by atoms with Crippen molar-refractivity contribution in [1.29, 1.82) is 0 Å². The Kier molecular flexibility index (Phi) is 7.21. The lowest BCUT2D eigenvalue weighted by atomic mass is 10.4. The average Bonchev–Trinajstić information content (AvgIpc) is 2.15. The molecule has 0 radical (unpaired) electrons. The first-order valence-electron chi connectivity index (χ1n) is 4.55. The summed E-state index contributed by atoms with van der Waals surface area (Å²) in [4.78, 5) is 10.6. The van der Waals surface area contributed by atoms with E-state index >= 15 is 0 Å². The van der Waals surface area contributed by atoms with Crippen molar-refractivity contribution < 1.29 is 19.0 Å². The van der Waals surface area contributed by atoms with Gasteiger partial charge in [-0.15, -0.1) is 0 Å². The highest BCUT2D eigenvalue weighted by atomic mass is 32.7. The molecule has 0 fully saturated rings. The third kappa shape index (κ3) is 6.17. The summed E-state index contributed by atoms with van der Waals surface area (Å²) >= 11 is 1.03. The first-order chi connectivity index (χ1) is 6.95. The summed E-state index contributed by atoms with van der Waals surface area (Å²) in [7, 11) is 0. The summed E-state index contributed by atoms with van der Waals surface area (Å²) < 4.78 is 17.0. The second-order valence-corrected chi connectivity index (χ2v) is 7.12. The van der Waals surface area contributed by atoms with Gasteiger partial charge in [0, 0.05) is 12.3 Å². The quantitative estimate of drug-likeness (QED) is 0.554. The molecule has 4 N–H and O–H groups in total. The van der Waals surface area contributed by atoms with Crippen LogP contribution in [0.25, 0.3) is 0 Å². The minimum atomic E-state index is -3.14. The van der Waals surface area contributed by atoms with Crippen LogP contribution in [0.4, 0.5) is 0 Å². The van der Waals surface area contributed by atoms with Gasteiger partial charge in [0.1, 0.15) is 6.04 Å². The summed E-state index contributed by atoms with van der Waals surface area (Å²) in [5.74, 6) is -0.611. The van der Waals surface area contributed by atoms with E-state index in [1.165, 1.54) is 6.92 Å². The number of hydrogen-bond acceptors (Lipinski definition) is 5. The molecule has 0 saturated heterocycles. The fourth-order valence-electron chi connectivity index (χ4n) is 0.747. The monoisotopic (exact) mass is 256 g/mol. The molecule has 0 spiro atoms. The zero-order chi connectivity index (χ0) is 11.9. The van der Waals surface area contributed by atoms with Gasteiger partial charge in [-0.05, 0) is 13.8 Å². The molecule has 0 aromatic carbocycles. The number of hydrogen-bond donors (Lipinski definition) is 3. The van der Waals surface area contributed by atoms with E-state index in [9.17, 15) is 9.36 Å². The first kappa shape index (κ1) is 14.9. The van der Waals surface area contributed by atoms with Crippen molar-refractivity contribution in [2.45, 2.75) is 19.9 Å². The van der Waals surface area contributed by atoms with Gasteiger partial charge in [-0.2, -0.15) is 0 Å². The molecule has 0 aliphatic rings. The molecule has 15 heavy (non-hydrogen) atoms. The molecule has 90 valence electrons. The minimum absolute atomic E-state index is 0.258. The predicted octanol–water partition coefficient (Wildman–Crippen LogP) is 0.886. The van der Waals surface area contributed by atoms with Crippen LogP contribution < -0.4 is 10.8 Å². The Morgan fingerprint density at radius 1 is 1.73 bits per heavy atom. The summed E-state index contributed by atoms with van der Waals surface area (Å²) in [6.45, 7) is 0.595. The van der Waals surface area contributed by atoms with Crippen molar-refractivity contribution in [3.05, 3.63) is 0 Å². The van der Waals surface area contributed by atoms with Crippen molar-refractivity contribution in [3.63, 3.8) is 0 Å². The summed E-state index contributed by atoms with van der Waals surface area (Å²) in [6, 6.07) is -0.910. The Labute approximate surface area is 93.2 Å². The molecular formula is C7H17N2O4PS. The number of aliphatic carboxylic acids is 1. The SMILES string of the molecule is CCO[P@@](=O)(NC(C)C(=O)O)SCCN. The summed E-state index contributed by atoms with van der Waals surface area (Å²) in [5.41, 5.74) is 5.28. The fraction of sp³-hybridized carbons (Fsp3) is 0.857. The largest absolute Gasteiger partial charge is 0.480 e. The van der Waals surface area contributed by atoms with Crippen LogP contribution in [0.3, 0.4) is 0 Å². The van der Waals surface area contributed by atoms with Crippen molar-refractivity contribution in [3.8, 4) is 0 Å². The number of rotatable bonds is 8. The van der Waals surface area contributed by atoms with E-state index in [0.29, 0.717) is 12.3 Å². The molecule has 0 aromatic rings. The van der Waals surface area contributed by atoms with Crippen LogP contribution in [0.2, 0.25) is 0 Å². The van der Waals surface area contributed by atoms with E-state index in [-0.39, 0.29) is 6.61 Å². The smallest absolute Gasteiger partial charge is 0.327 e. The standard InChI is InChI=1S/C7H17N2O4PS/c1-3-13-14(12,15-5-4-8)9-6(2)7(10)11/h6H,3-5,8H2,1-2H3,(H,9,12)(H,10,11)/t6?,14-/m0/s1. The molecule has 0 amide bonds. The van der Waals surface area contributed by atoms with Crippen LogP contribution in [0.5, 0.6) is 0 Å². The van der Waals surface area contributed by atoms with Crippen LogP contribution in [-0.2, 0) is 13.9 Å². The Balaban J connectivity index is 4.36. The third-order valence-electron chi connectivity index (χ3n) is 1.40. The maximum absolute atomic E-state index is 12.0. The molecule has 0 aromatic heterocycles. The molecule has 0 aliphatic heterocycles.